The Bertz CT molecular complexity index is 1090. The highest BCUT2D eigenvalue weighted by Gasteiger charge is 2.31. The third-order valence-electron chi connectivity index (χ3n) is 4.79. The number of allylic oxidation sites excluding steroid dienone is 1. The van der Waals surface area contributed by atoms with Crippen LogP contribution in [0, 0.1) is 5.82 Å². The molecule has 0 amide bonds. The molecule has 1 heterocycles. The molecule has 0 fully saturated rings. The third-order valence-corrected chi connectivity index (χ3v) is 4.79. The Morgan fingerprint density at radius 1 is 1.03 bits per heavy atom. The van der Waals surface area contributed by atoms with Crippen molar-refractivity contribution in [3.8, 4) is 11.5 Å². The number of hydrogen-bond acceptors (Lipinski definition) is 4. The molecule has 146 valence electrons. The largest absolute Gasteiger partial charge is 0.507 e. The molecule has 5 heteroatoms. The molecule has 0 aromatic heterocycles. The fourth-order valence-corrected chi connectivity index (χ4v) is 3.42. The Balaban J connectivity index is 1.61. The second-order valence-electron chi connectivity index (χ2n) is 7.09. The summed E-state index contributed by atoms with van der Waals surface area (Å²) in [6, 6.07) is 19.0. The number of carbonyl (C=O) groups excluding carboxylic acids is 1. The number of phenols is 1. The van der Waals surface area contributed by atoms with Crippen LogP contribution in [-0.2, 0) is 13.1 Å². The van der Waals surface area contributed by atoms with Gasteiger partial charge in [-0.2, -0.15) is 0 Å². The molecule has 1 aliphatic rings. The summed E-state index contributed by atoms with van der Waals surface area (Å²) in [4.78, 5) is 14.8. The quantitative estimate of drug-likeness (QED) is 0.638. The Hall–Kier alpha value is -3.44. The van der Waals surface area contributed by atoms with Gasteiger partial charge in [0.2, 0.25) is 5.78 Å². The van der Waals surface area contributed by atoms with Gasteiger partial charge < -0.3 is 9.84 Å². The van der Waals surface area contributed by atoms with E-state index in [0.717, 1.165) is 5.56 Å². The van der Waals surface area contributed by atoms with Crippen molar-refractivity contribution >= 4 is 11.9 Å². The van der Waals surface area contributed by atoms with Gasteiger partial charge in [-0.25, -0.2) is 4.39 Å². The van der Waals surface area contributed by atoms with Crippen LogP contribution in [0.3, 0.4) is 0 Å². The van der Waals surface area contributed by atoms with E-state index in [1.807, 2.05) is 42.3 Å². The van der Waals surface area contributed by atoms with Crippen LogP contribution in [0.5, 0.6) is 11.5 Å². The molecule has 1 aliphatic heterocycles. The highest BCUT2D eigenvalue weighted by atomic mass is 19.1. The number of hydrogen-bond donors (Lipinski definition) is 1. The SMILES string of the molecule is CN(Cc1ccccc1)Cc1c(O)ccc2c1O/C(=C\c1cccc(F)c1)C2=O. The zero-order valence-corrected chi connectivity index (χ0v) is 15.9. The number of rotatable bonds is 5. The minimum atomic E-state index is -0.386. The topological polar surface area (TPSA) is 49.8 Å². The number of phenolic OH excluding ortho intramolecular Hbond substituents is 1. The number of Topliss-reactive ketones (excluding diaryl/α,β-unsaturated/α-hetero) is 1. The lowest BCUT2D eigenvalue weighted by atomic mass is 10.0. The van der Waals surface area contributed by atoms with E-state index in [9.17, 15) is 14.3 Å². The maximum absolute atomic E-state index is 13.4. The summed E-state index contributed by atoms with van der Waals surface area (Å²) in [5, 5.41) is 10.4. The van der Waals surface area contributed by atoms with Crippen molar-refractivity contribution in [3.63, 3.8) is 0 Å². The van der Waals surface area contributed by atoms with Crippen LogP contribution >= 0.6 is 0 Å². The van der Waals surface area contributed by atoms with E-state index in [2.05, 4.69) is 0 Å². The number of nitrogens with zero attached hydrogens (tertiary/aromatic N) is 1. The highest BCUT2D eigenvalue weighted by Crippen LogP contribution is 2.40. The van der Waals surface area contributed by atoms with E-state index in [1.54, 1.807) is 18.2 Å². The van der Waals surface area contributed by atoms with Gasteiger partial charge in [0, 0.05) is 13.1 Å². The summed E-state index contributed by atoms with van der Waals surface area (Å²) in [5.41, 5.74) is 2.63. The van der Waals surface area contributed by atoms with E-state index in [1.165, 1.54) is 24.3 Å². The van der Waals surface area contributed by atoms with Gasteiger partial charge in [-0.15, -0.1) is 0 Å². The molecule has 0 saturated heterocycles. The normalized spacial score (nSPS) is 14.3. The first-order valence-corrected chi connectivity index (χ1v) is 9.28. The average molecular weight is 389 g/mol. The zero-order chi connectivity index (χ0) is 20.4. The van der Waals surface area contributed by atoms with Crippen LogP contribution in [0.1, 0.15) is 27.0 Å². The number of benzene rings is 3. The summed E-state index contributed by atoms with van der Waals surface area (Å²) in [7, 11) is 1.94. The summed E-state index contributed by atoms with van der Waals surface area (Å²) >= 11 is 0. The lowest BCUT2D eigenvalue weighted by Gasteiger charge is -2.19. The number of halogens is 1. The molecule has 0 spiro atoms. The Morgan fingerprint density at radius 2 is 1.83 bits per heavy atom. The minimum absolute atomic E-state index is 0.0727. The molecule has 0 bridgehead atoms. The van der Waals surface area contributed by atoms with Crippen LogP contribution in [0.15, 0.2) is 72.5 Å². The van der Waals surface area contributed by atoms with E-state index in [0.29, 0.717) is 35.5 Å². The first-order chi connectivity index (χ1) is 14.0. The molecule has 3 aromatic rings. The van der Waals surface area contributed by atoms with E-state index in [-0.39, 0.29) is 23.1 Å². The molecular formula is C24H20FNO3. The van der Waals surface area contributed by atoms with Crippen LogP contribution in [0.2, 0.25) is 0 Å². The summed E-state index contributed by atoms with van der Waals surface area (Å²) < 4.78 is 19.3. The van der Waals surface area contributed by atoms with Crippen molar-refractivity contribution in [1.29, 1.82) is 0 Å². The van der Waals surface area contributed by atoms with Crippen molar-refractivity contribution in [2.75, 3.05) is 7.05 Å². The van der Waals surface area contributed by atoms with Crippen molar-refractivity contribution in [3.05, 3.63) is 101 Å². The Kier molecular flexibility index (Phi) is 5.14. The van der Waals surface area contributed by atoms with Crippen LogP contribution in [0.4, 0.5) is 4.39 Å². The number of fused-ring (bicyclic) bond motifs is 1. The smallest absolute Gasteiger partial charge is 0.231 e. The Morgan fingerprint density at radius 3 is 2.59 bits per heavy atom. The number of aromatic hydroxyl groups is 1. The van der Waals surface area contributed by atoms with Gasteiger partial charge in [0.1, 0.15) is 17.3 Å². The van der Waals surface area contributed by atoms with Gasteiger partial charge >= 0.3 is 0 Å². The number of ketones is 1. The highest BCUT2D eigenvalue weighted by molar-refractivity contribution is 6.15. The first-order valence-electron chi connectivity index (χ1n) is 9.28. The van der Waals surface area contributed by atoms with Gasteiger partial charge in [-0.1, -0.05) is 42.5 Å². The lowest BCUT2D eigenvalue weighted by Crippen LogP contribution is -2.17. The molecule has 29 heavy (non-hydrogen) atoms. The van der Waals surface area contributed by atoms with E-state index >= 15 is 0 Å². The van der Waals surface area contributed by atoms with Crippen LogP contribution in [0.25, 0.3) is 6.08 Å². The predicted octanol–water partition coefficient (Wildman–Crippen LogP) is 4.78. The second-order valence-corrected chi connectivity index (χ2v) is 7.09. The van der Waals surface area contributed by atoms with Crippen molar-refractivity contribution in [2.45, 2.75) is 13.1 Å². The van der Waals surface area contributed by atoms with Gasteiger partial charge in [-0.3, -0.25) is 9.69 Å². The van der Waals surface area contributed by atoms with Crippen LogP contribution < -0.4 is 4.74 Å². The molecule has 3 aromatic carbocycles. The number of carbonyl (C=O) groups is 1. The van der Waals surface area contributed by atoms with E-state index in [4.69, 9.17) is 4.74 Å². The molecule has 1 N–H and O–H groups in total. The average Bonchev–Trinajstić information content (AvgIpc) is 3.01. The third kappa shape index (κ3) is 4.05. The maximum Gasteiger partial charge on any atom is 0.231 e. The molecular weight excluding hydrogens is 369 g/mol. The molecule has 4 nitrogen and oxygen atoms in total. The van der Waals surface area contributed by atoms with Crippen molar-refractivity contribution in [1.82, 2.24) is 4.90 Å². The lowest BCUT2D eigenvalue weighted by molar-refractivity contribution is 0.101. The minimum Gasteiger partial charge on any atom is -0.507 e. The molecule has 0 radical (unpaired) electrons. The fraction of sp³-hybridized carbons (Fsp3) is 0.125. The summed E-state index contributed by atoms with van der Waals surface area (Å²) in [6.07, 6.45) is 1.51. The van der Waals surface area contributed by atoms with Gasteiger partial charge in [-0.05, 0) is 48.5 Å². The Labute approximate surface area is 168 Å². The number of ether oxygens (including phenoxy) is 1. The summed E-state index contributed by atoms with van der Waals surface area (Å²) in [5.74, 6) is -0.122. The molecule has 0 saturated carbocycles. The van der Waals surface area contributed by atoms with Gasteiger partial charge in [0.15, 0.2) is 5.76 Å². The molecule has 0 unspecified atom stereocenters. The van der Waals surface area contributed by atoms with Gasteiger partial charge in [0.25, 0.3) is 0 Å². The zero-order valence-electron chi connectivity index (χ0n) is 15.9. The van der Waals surface area contributed by atoms with E-state index < -0.39 is 0 Å². The molecule has 0 atom stereocenters. The summed E-state index contributed by atoms with van der Waals surface area (Å²) in [6.45, 7) is 1.09. The maximum atomic E-state index is 13.4. The second kappa shape index (κ2) is 7.89. The van der Waals surface area contributed by atoms with Crippen LogP contribution in [-0.4, -0.2) is 22.8 Å². The predicted molar refractivity (Wildman–Crippen MR) is 109 cm³/mol. The molecule has 0 aliphatic carbocycles. The standard InChI is InChI=1S/C24H20FNO3/c1-26(14-16-6-3-2-4-7-16)15-20-21(27)11-10-19-23(28)22(29-24(19)20)13-17-8-5-9-18(25)12-17/h2-13,27H,14-15H2,1H3/b22-13-. The van der Waals surface area contributed by atoms with Crippen molar-refractivity contribution < 1.29 is 19.0 Å². The first kappa shape index (κ1) is 18.9. The van der Waals surface area contributed by atoms with Gasteiger partial charge in [0.05, 0.1) is 11.1 Å². The molecule has 4 rings (SSSR count). The van der Waals surface area contributed by atoms with Crippen molar-refractivity contribution in [2.24, 2.45) is 0 Å². The fourth-order valence-electron chi connectivity index (χ4n) is 3.42. The monoisotopic (exact) mass is 389 g/mol.